The van der Waals surface area contributed by atoms with Crippen molar-refractivity contribution in [2.24, 2.45) is 0 Å². The minimum absolute atomic E-state index is 0.109. The van der Waals surface area contributed by atoms with Crippen LogP contribution in [0.15, 0.2) is 0 Å². The number of carbonyl (C=O) groups excluding carboxylic acids is 1. The van der Waals surface area contributed by atoms with Crippen molar-refractivity contribution in [3.63, 3.8) is 0 Å². The first-order valence-electron chi connectivity index (χ1n) is 8.28. The third kappa shape index (κ3) is 5.28. The summed E-state index contributed by atoms with van der Waals surface area (Å²) in [4.78, 5) is 17.1. The first-order chi connectivity index (χ1) is 9.63. The number of unbranched alkanes of at least 4 members (excludes halogenated alkanes) is 1. The van der Waals surface area contributed by atoms with Crippen LogP contribution in [0.3, 0.4) is 0 Å². The molecule has 1 saturated heterocycles. The zero-order valence-corrected chi connectivity index (χ0v) is 14.5. The lowest BCUT2D eigenvalue weighted by molar-refractivity contribution is -0.130. The second-order valence-corrected chi connectivity index (χ2v) is 7.12. The number of likely N-dealkylation sites (tertiary alicyclic amines) is 1. The van der Waals surface area contributed by atoms with E-state index in [-0.39, 0.29) is 5.25 Å². The third-order valence-electron chi connectivity index (χ3n) is 4.24. The Morgan fingerprint density at radius 1 is 1.40 bits per heavy atom. The SMILES string of the molecule is CCCCS[C@H](C)C(=O)N(CC)C[C@H]1CCCN1CC. The van der Waals surface area contributed by atoms with E-state index in [1.165, 1.54) is 32.2 Å². The highest BCUT2D eigenvalue weighted by molar-refractivity contribution is 8.00. The normalized spacial score (nSPS) is 21.1. The molecule has 1 aliphatic heterocycles. The summed E-state index contributed by atoms with van der Waals surface area (Å²) < 4.78 is 0. The van der Waals surface area contributed by atoms with Crippen LogP contribution in [0.5, 0.6) is 0 Å². The van der Waals surface area contributed by atoms with Gasteiger partial charge >= 0.3 is 0 Å². The Balaban J connectivity index is 2.45. The molecule has 3 nitrogen and oxygen atoms in total. The second kappa shape index (κ2) is 9.67. The van der Waals surface area contributed by atoms with Crippen molar-refractivity contribution in [1.29, 1.82) is 0 Å². The van der Waals surface area contributed by atoms with E-state index in [2.05, 4.69) is 37.5 Å². The molecular weight excluding hydrogens is 268 g/mol. The highest BCUT2D eigenvalue weighted by Gasteiger charge is 2.28. The standard InChI is InChI=1S/C16H32N2OS/c1-5-8-12-20-14(4)16(19)18(7-3)13-15-10-9-11-17(15)6-2/h14-15H,5-13H2,1-4H3/t14-,15-/m1/s1. The third-order valence-corrected chi connectivity index (χ3v) is 5.47. The molecule has 0 spiro atoms. The molecule has 0 radical (unpaired) electrons. The lowest BCUT2D eigenvalue weighted by Gasteiger charge is -2.31. The van der Waals surface area contributed by atoms with Gasteiger partial charge in [0.25, 0.3) is 0 Å². The van der Waals surface area contributed by atoms with E-state index in [1.54, 1.807) is 0 Å². The predicted molar refractivity (Wildman–Crippen MR) is 89.4 cm³/mol. The van der Waals surface area contributed by atoms with E-state index in [0.29, 0.717) is 11.9 Å². The molecule has 0 aromatic carbocycles. The van der Waals surface area contributed by atoms with E-state index in [1.807, 2.05) is 11.8 Å². The Morgan fingerprint density at radius 3 is 2.75 bits per heavy atom. The molecule has 0 unspecified atom stereocenters. The van der Waals surface area contributed by atoms with E-state index < -0.39 is 0 Å². The van der Waals surface area contributed by atoms with Crippen LogP contribution in [0.25, 0.3) is 0 Å². The van der Waals surface area contributed by atoms with Crippen LogP contribution in [-0.4, -0.2) is 58.9 Å². The summed E-state index contributed by atoms with van der Waals surface area (Å²) >= 11 is 1.81. The smallest absolute Gasteiger partial charge is 0.235 e. The number of carbonyl (C=O) groups is 1. The molecule has 0 aromatic heterocycles. The maximum absolute atomic E-state index is 12.5. The molecule has 118 valence electrons. The van der Waals surface area contributed by atoms with E-state index in [4.69, 9.17) is 0 Å². The van der Waals surface area contributed by atoms with Gasteiger partial charge in [-0.05, 0) is 52.0 Å². The fourth-order valence-corrected chi connectivity index (χ4v) is 3.98. The van der Waals surface area contributed by atoms with Gasteiger partial charge in [0.15, 0.2) is 0 Å². The van der Waals surface area contributed by atoms with Crippen molar-refractivity contribution in [2.45, 2.75) is 64.7 Å². The van der Waals surface area contributed by atoms with Crippen molar-refractivity contribution >= 4 is 17.7 Å². The number of thioether (sulfide) groups is 1. The van der Waals surface area contributed by atoms with Crippen molar-refractivity contribution in [3.05, 3.63) is 0 Å². The van der Waals surface area contributed by atoms with E-state index >= 15 is 0 Å². The van der Waals surface area contributed by atoms with Crippen LogP contribution in [0.4, 0.5) is 0 Å². The summed E-state index contributed by atoms with van der Waals surface area (Å²) in [6.07, 6.45) is 4.94. The zero-order valence-electron chi connectivity index (χ0n) is 13.7. The van der Waals surface area contributed by atoms with Crippen LogP contribution < -0.4 is 0 Å². The Hall–Kier alpha value is -0.220. The maximum Gasteiger partial charge on any atom is 0.235 e. The number of amides is 1. The molecule has 0 saturated carbocycles. The molecule has 0 aliphatic carbocycles. The van der Waals surface area contributed by atoms with Gasteiger partial charge in [-0.1, -0.05) is 20.3 Å². The molecule has 4 heteroatoms. The number of rotatable bonds is 9. The Bertz CT molecular complexity index is 286. The summed E-state index contributed by atoms with van der Waals surface area (Å²) in [5, 5.41) is 0.109. The Kier molecular flexibility index (Phi) is 8.62. The molecule has 2 atom stereocenters. The average molecular weight is 301 g/mol. The van der Waals surface area contributed by atoms with Gasteiger partial charge in [-0.3, -0.25) is 9.69 Å². The van der Waals surface area contributed by atoms with Gasteiger partial charge in [-0.25, -0.2) is 0 Å². The highest BCUT2D eigenvalue weighted by Crippen LogP contribution is 2.20. The van der Waals surface area contributed by atoms with E-state index in [9.17, 15) is 4.79 Å². The molecule has 1 aliphatic rings. The van der Waals surface area contributed by atoms with Crippen LogP contribution in [0, 0.1) is 0 Å². The van der Waals surface area contributed by atoms with Gasteiger partial charge in [0.2, 0.25) is 5.91 Å². The lowest BCUT2D eigenvalue weighted by atomic mass is 10.2. The second-order valence-electron chi connectivity index (χ2n) is 5.67. The first kappa shape index (κ1) is 17.8. The number of nitrogens with zero attached hydrogens (tertiary/aromatic N) is 2. The monoisotopic (exact) mass is 300 g/mol. The van der Waals surface area contributed by atoms with Gasteiger partial charge in [0, 0.05) is 19.1 Å². The van der Waals surface area contributed by atoms with Gasteiger partial charge in [0.1, 0.15) is 0 Å². The topological polar surface area (TPSA) is 23.6 Å². The molecule has 1 heterocycles. The highest BCUT2D eigenvalue weighted by atomic mass is 32.2. The molecule has 0 aromatic rings. The maximum atomic E-state index is 12.5. The molecular formula is C16H32N2OS. The molecule has 0 N–H and O–H groups in total. The number of likely N-dealkylation sites (N-methyl/N-ethyl adjacent to an activating group) is 2. The zero-order chi connectivity index (χ0) is 15.0. The van der Waals surface area contributed by atoms with Crippen LogP contribution in [0.1, 0.15) is 53.4 Å². The molecule has 1 rings (SSSR count). The van der Waals surface area contributed by atoms with Crippen molar-refractivity contribution in [3.8, 4) is 0 Å². The summed E-state index contributed by atoms with van der Waals surface area (Å²) in [7, 11) is 0. The molecule has 20 heavy (non-hydrogen) atoms. The molecule has 0 bridgehead atoms. The summed E-state index contributed by atoms with van der Waals surface area (Å²) in [5.74, 6) is 1.43. The summed E-state index contributed by atoms with van der Waals surface area (Å²) in [5.41, 5.74) is 0. The minimum Gasteiger partial charge on any atom is -0.340 e. The van der Waals surface area contributed by atoms with Crippen LogP contribution in [-0.2, 0) is 4.79 Å². The van der Waals surface area contributed by atoms with Gasteiger partial charge in [0.05, 0.1) is 5.25 Å². The number of hydrogen-bond acceptors (Lipinski definition) is 3. The predicted octanol–water partition coefficient (Wildman–Crippen LogP) is 3.24. The first-order valence-corrected chi connectivity index (χ1v) is 9.33. The van der Waals surface area contributed by atoms with E-state index in [0.717, 1.165) is 25.4 Å². The van der Waals surface area contributed by atoms with Gasteiger partial charge in [-0.2, -0.15) is 0 Å². The minimum atomic E-state index is 0.109. The van der Waals surface area contributed by atoms with Crippen molar-refractivity contribution < 1.29 is 4.79 Å². The molecule has 1 fully saturated rings. The Labute approximate surface area is 129 Å². The van der Waals surface area contributed by atoms with Crippen molar-refractivity contribution in [2.75, 3.05) is 31.9 Å². The average Bonchev–Trinajstić information content (AvgIpc) is 2.91. The Morgan fingerprint density at radius 2 is 2.15 bits per heavy atom. The number of hydrogen-bond donors (Lipinski definition) is 0. The van der Waals surface area contributed by atoms with Crippen molar-refractivity contribution in [1.82, 2.24) is 9.80 Å². The fraction of sp³-hybridized carbons (Fsp3) is 0.938. The van der Waals surface area contributed by atoms with Crippen LogP contribution in [0.2, 0.25) is 0 Å². The summed E-state index contributed by atoms with van der Waals surface area (Å²) in [6, 6.07) is 0.580. The fourth-order valence-electron chi connectivity index (χ4n) is 2.88. The summed E-state index contributed by atoms with van der Waals surface area (Å²) in [6.45, 7) is 12.7. The lowest BCUT2D eigenvalue weighted by Crippen LogP contribution is -2.45. The largest absolute Gasteiger partial charge is 0.340 e. The van der Waals surface area contributed by atoms with Gasteiger partial charge in [-0.15, -0.1) is 11.8 Å². The molecule has 1 amide bonds. The quantitative estimate of drug-likeness (QED) is 0.611. The van der Waals surface area contributed by atoms with Crippen LogP contribution >= 0.6 is 11.8 Å². The van der Waals surface area contributed by atoms with Gasteiger partial charge < -0.3 is 4.90 Å².